The molecule has 0 atom stereocenters. The Morgan fingerprint density at radius 2 is 2.05 bits per heavy atom. The van der Waals surface area contributed by atoms with Crippen molar-refractivity contribution in [2.24, 2.45) is 0 Å². The van der Waals surface area contributed by atoms with Gasteiger partial charge in [0.25, 0.3) is 0 Å². The molecule has 2 N–H and O–H groups in total. The third kappa shape index (κ3) is 6.13. The van der Waals surface area contributed by atoms with Gasteiger partial charge < -0.3 is 15.2 Å². The van der Waals surface area contributed by atoms with Gasteiger partial charge in [-0.15, -0.1) is 0 Å². The van der Waals surface area contributed by atoms with E-state index in [0.717, 1.165) is 12.1 Å². The molecule has 1 amide bonds. The van der Waals surface area contributed by atoms with Gasteiger partial charge in [-0.1, -0.05) is 11.8 Å². The molecule has 0 unspecified atom stereocenters. The van der Waals surface area contributed by atoms with Gasteiger partial charge in [-0.25, -0.2) is 9.18 Å². The van der Waals surface area contributed by atoms with Crippen LogP contribution in [0.25, 0.3) is 0 Å². The average molecular weight is 297 g/mol. The number of hydrogen-bond donors (Lipinski definition) is 2. The Bertz CT molecular complexity index is 560. The van der Waals surface area contributed by atoms with E-state index in [9.17, 15) is 13.6 Å². The Morgan fingerprint density at radius 3 is 2.62 bits per heavy atom. The van der Waals surface area contributed by atoms with E-state index in [1.807, 2.05) is 0 Å². The number of halogens is 2. The van der Waals surface area contributed by atoms with E-state index < -0.39 is 29.1 Å². The van der Waals surface area contributed by atoms with Gasteiger partial charge in [0.1, 0.15) is 5.60 Å². The highest BCUT2D eigenvalue weighted by Crippen LogP contribution is 2.19. The standard InChI is InChI=1S/C15H17F2NO3/c1-15(2,3)21-14(20)18-7-5-4-6-10-8-11(16)13(17)12(19)9-10/h8-9,19H,5,7H2,1-3H3,(H,18,20). The molecule has 0 radical (unpaired) electrons. The highest BCUT2D eigenvalue weighted by molar-refractivity contribution is 5.67. The normalized spacial score (nSPS) is 10.5. The van der Waals surface area contributed by atoms with Crippen LogP contribution in [0.4, 0.5) is 13.6 Å². The van der Waals surface area contributed by atoms with Crippen LogP contribution in [-0.4, -0.2) is 23.3 Å². The van der Waals surface area contributed by atoms with Crippen molar-refractivity contribution in [3.8, 4) is 17.6 Å². The van der Waals surface area contributed by atoms with E-state index >= 15 is 0 Å². The molecule has 21 heavy (non-hydrogen) atoms. The van der Waals surface area contributed by atoms with Crippen molar-refractivity contribution >= 4 is 6.09 Å². The summed E-state index contributed by atoms with van der Waals surface area (Å²) >= 11 is 0. The zero-order chi connectivity index (χ0) is 16.0. The summed E-state index contributed by atoms with van der Waals surface area (Å²) in [6, 6.07) is 1.93. The maximum absolute atomic E-state index is 13.0. The fourth-order valence-corrected chi connectivity index (χ4v) is 1.35. The summed E-state index contributed by atoms with van der Waals surface area (Å²) in [4.78, 5) is 11.3. The lowest BCUT2D eigenvalue weighted by Crippen LogP contribution is -2.32. The van der Waals surface area contributed by atoms with Crippen molar-refractivity contribution in [2.45, 2.75) is 32.8 Å². The lowest BCUT2D eigenvalue weighted by Gasteiger charge is -2.19. The Kier molecular flexibility index (Phi) is 5.53. The molecule has 0 bridgehead atoms. The Hall–Kier alpha value is -2.29. The second-order valence-corrected chi connectivity index (χ2v) is 5.27. The predicted octanol–water partition coefficient (Wildman–Crippen LogP) is 2.94. The van der Waals surface area contributed by atoms with Crippen molar-refractivity contribution in [1.82, 2.24) is 5.32 Å². The number of alkyl carbamates (subject to hydrolysis) is 1. The van der Waals surface area contributed by atoms with E-state index in [0.29, 0.717) is 6.42 Å². The fourth-order valence-electron chi connectivity index (χ4n) is 1.35. The number of benzene rings is 1. The largest absolute Gasteiger partial charge is 0.505 e. The Morgan fingerprint density at radius 1 is 1.38 bits per heavy atom. The molecule has 0 aliphatic rings. The van der Waals surface area contributed by atoms with Crippen molar-refractivity contribution < 1.29 is 23.4 Å². The third-order valence-corrected chi connectivity index (χ3v) is 2.16. The van der Waals surface area contributed by atoms with Crippen molar-refractivity contribution in [3.63, 3.8) is 0 Å². The van der Waals surface area contributed by atoms with Gasteiger partial charge >= 0.3 is 6.09 Å². The smallest absolute Gasteiger partial charge is 0.407 e. The number of ether oxygens (including phenoxy) is 1. The highest BCUT2D eigenvalue weighted by Gasteiger charge is 2.15. The van der Waals surface area contributed by atoms with Gasteiger partial charge in [0.15, 0.2) is 17.4 Å². The Balaban J connectivity index is 2.46. The zero-order valence-corrected chi connectivity index (χ0v) is 12.1. The predicted molar refractivity (Wildman–Crippen MR) is 73.8 cm³/mol. The minimum atomic E-state index is -1.30. The minimum Gasteiger partial charge on any atom is -0.505 e. The number of phenols is 1. The number of phenolic OH excluding ortho intramolecular Hbond substituents is 1. The van der Waals surface area contributed by atoms with E-state index in [-0.39, 0.29) is 12.1 Å². The first-order chi connectivity index (χ1) is 9.69. The van der Waals surface area contributed by atoms with Crippen LogP contribution in [0.5, 0.6) is 5.75 Å². The molecule has 0 aliphatic carbocycles. The summed E-state index contributed by atoms with van der Waals surface area (Å²) in [5.41, 5.74) is -0.414. The maximum atomic E-state index is 13.0. The van der Waals surface area contributed by atoms with Crippen LogP contribution in [0.1, 0.15) is 32.8 Å². The maximum Gasteiger partial charge on any atom is 0.407 e. The van der Waals surface area contributed by atoms with E-state index in [2.05, 4.69) is 17.2 Å². The summed E-state index contributed by atoms with van der Waals surface area (Å²) in [5.74, 6) is 1.99. The summed E-state index contributed by atoms with van der Waals surface area (Å²) in [6.45, 7) is 5.52. The van der Waals surface area contributed by atoms with Crippen LogP contribution in [0.2, 0.25) is 0 Å². The van der Waals surface area contributed by atoms with Crippen molar-refractivity contribution in [2.75, 3.05) is 6.54 Å². The first-order valence-electron chi connectivity index (χ1n) is 6.33. The van der Waals surface area contributed by atoms with Gasteiger partial charge in [-0.2, -0.15) is 4.39 Å². The molecule has 1 rings (SSSR count). The Labute approximate surface area is 122 Å². The fraction of sp³-hybridized carbons (Fsp3) is 0.400. The van der Waals surface area contributed by atoms with Crippen LogP contribution < -0.4 is 5.32 Å². The second-order valence-electron chi connectivity index (χ2n) is 5.27. The number of carbonyl (C=O) groups is 1. The first-order valence-corrected chi connectivity index (χ1v) is 6.33. The lowest BCUT2D eigenvalue weighted by atomic mass is 10.2. The van der Waals surface area contributed by atoms with Gasteiger partial charge in [0.2, 0.25) is 0 Å². The molecule has 114 valence electrons. The minimum absolute atomic E-state index is 0.156. The SMILES string of the molecule is CC(C)(C)OC(=O)NCCC#Cc1cc(O)c(F)c(F)c1. The van der Waals surface area contributed by atoms with Crippen LogP contribution in [0, 0.1) is 23.5 Å². The summed E-state index contributed by atoms with van der Waals surface area (Å²) in [5, 5.41) is 11.6. The molecule has 0 saturated heterocycles. The number of aromatic hydroxyl groups is 1. The summed E-state index contributed by atoms with van der Waals surface area (Å²) < 4.78 is 30.9. The highest BCUT2D eigenvalue weighted by atomic mass is 19.2. The van der Waals surface area contributed by atoms with E-state index in [1.165, 1.54) is 0 Å². The van der Waals surface area contributed by atoms with E-state index in [4.69, 9.17) is 9.84 Å². The molecule has 0 saturated carbocycles. The third-order valence-electron chi connectivity index (χ3n) is 2.16. The van der Waals surface area contributed by atoms with Crippen molar-refractivity contribution in [3.05, 3.63) is 29.3 Å². The van der Waals surface area contributed by atoms with Gasteiger partial charge in [0.05, 0.1) is 0 Å². The molecule has 0 aromatic heterocycles. The van der Waals surface area contributed by atoms with Crippen LogP contribution in [-0.2, 0) is 4.74 Å². The first kappa shape index (κ1) is 16.8. The average Bonchev–Trinajstić information content (AvgIpc) is 2.33. The summed E-state index contributed by atoms with van der Waals surface area (Å²) in [6.07, 6.45) is -0.242. The zero-order valence-electron chi connectivity index (χ0n) is 12.1. The van der Waals surface area contributed by atoms with Crippen LogP contribution in [0.3, 0.4) is 0 Å². The number of nitrogens with one attached hydrogen (secondary N) is 1. The molecular formula is C15H17F2NO3. The molecule has 1 aromatic rings. The van der Waals surface area contributed by atoms with Gasteiger partial charge in [-0.3, -0.25) is 0 Å². The van der Waals surface area contributed by atoms with Crippen LogP contribution >= 0.6 is 0 Å². The molecule has 0 fully saturated rings. The molecule has 1 aromatic carbocycles. The van der Waals surface area contributed by atoms with Gasteiger partial charge in [0, 0.05) is 18.5 Å². The lowest BCUT2D eigenvalue weighted by molar-refractivity contribution is 0.0529. The number of amides is 1. The topological polar surface area (TPSA) is 58.6 Å². The van der Waals surface area contributed by atoms with Crippen LogP contribution in [0.15, 0.2) is 12.1 Å². The molecule has 0 aliphatic heterocycles. The summed E-state index contributed by atoms with van der Waals surface area (Å²) in [7, 11) is 0. The number of hydrogen-bond acceptors (Lipinski definition) is 3. The molecule has 0 heterocycles. The molecule has 0 spiro atoms. The van der Waals surface area contributed by atoms with Crippen molar-refractivity contribution in [1.29, 1.82) is 0 Å². The second kappa shape index (κ2) is 6.93. The monoisotopic (exact) mass is 297 g/mol. The molecular weight excluding hydrogens is 280 g/mol. The molecule has 4 nitrogen and oxygen atoms in total. The van der Waals surface area contributed by atoms with Gasteiger partial charge in [-0.05, 0) is 32.9 Å². The van der Waals surface area contributed by atoms with E-state index in [1.54, 1.807) is 20.8 Å². The quantitative estimate of drug-likeness (QED) is 0.652. The number of rotatable bonds is 2. The molecule has 6 heteroatoms. The number of carbonyl (C=O) groups excluding carboxylic acids is 1.